The van der Waals surface area contributed by atoms with Crippen LogP contribution in [0.3, 0.4) is 0 Å². The summed E-state index contributed by atoms with van der Waals surface area (Å²) in [4.78, 5) is 26.0. The van der Waals surface area contributed by atoms with Gasteiger partial charge < -0.3 is 9.30 Å². The van der Waals surface area contributed by atoms with E-state index in [1.54, 1.807) is 24.3 Å². The smallest absolute Gasteiger partial charge is 0.306 e. The van der Waals surface area contributed by atoms with Crippen LogP contribution in [0.1, 0.15) is 62.0 Å². The summed E-state index contributed by atoms with van der Waals surface area (Å²) in [6.07, 6.45) is 0.856. The first-order valence-corrected chi connectivity index (χ1v) is 12.7. The Bertz CT molecular complexity index is 937. The van der Waals surface area contributed by atoms with Gasteiger partial charge in [-0.25, -0.2) is 0 Å². The van der Waals surface area contributed by atoms with Crippen molar-refractivity contribution in [1.29, 1.82) is 0 Å². The molecule has 0 aliphatic heterocycles. The molecule has 2 unspecified atom stereocenters. The summed E-state index contributed by atoms with van der Waals surface area (Å²) in [7, 11) is -3.51. The third-order valence-corrected chi connectivity index (χ3v) is 8.18. The summed E-state index contributed by atoms with van der Waals surface area (Å²) in [6.45, 7) is 12.5. The fourth-order valence-electron chi connectivity index (χ4n) is 4.01. The molecule has 0 saturated heterocycles. The second kappa shape index (κ2) is 10.4. The first-order valence-electron chi connectivity index (χ1n) is 10.9. The molecule has 0 saturated carbocycles. The highest BCUT2D eigenvalue weighted by atomic mass is 31.2. The van der Waals surface area contributed by atoms with Gasteiger partial charge in [-0.05, 0) is 42.7 Å². The van der Waals surface area contributed by atoms with Crippen LogP contribution >= 0.6 is 7.14 Å². The molecule has 0 radical (unpaired) electrons. The number of esters is 1. The Balaban J connectivity index is 2.19. The van der Waals surface area contributed by atoms with E-state index in [0.29, 0.717) is 17.5 Å². The molecule has 0 heterocycles. The summed E-state index contributed by atoms with van der Waals surface area (Å²) in [5.41, 5.74) is 1.84. The van der Waals surface area contributed by atoms with Crippen molar-refractivity contribution in [1.82, 2.24) is 0 Å². The van der Waals surface area contributed by atoms with Crippen LogP contribution < -0.4 is 5.30 Å². The van der Waals surface area contributed by atoms with E-state index in [4.69, 9.17) is 4.74 Å². The normalized spacial score (nSPS) is 14.5. The highest BCUT2D eigenvalue weighted by Crippen LogP contribution is 2.49. The summed E-state index contributed by atoms with van der Waals surface area (Å²) in [6, 6.07) is 14.4. The van der Waals surface area contributed by atoms with Gasteiger partial charge in [-0.15, -0.1) is 0 Å². The van der Waals surface area contributed by atoms with E-state index in [2.05, 4.69) is 27.7 Å². The van der Waals surface area contributed by atoms with Crippen molar-refractivity contribution in [3.63, 3.8) is 0 Å². The number of ether oxygens (including phenoxy) is 1. The summed E-state index contributed by atoms with van der Waals surface area (Å²) in [5.74, 6) is -0.174. The molecule has 31 heavy (non-hydrogen) atoms. The lowest BCUT2D eigenvalue weighted by atomic mass is 9.86. The number of carbonyl (C=O) groups is 2. The van der Waals surface area contributed by atoms with Crippen molar-refractivity contribution in [3.05, 3.63) is 65.2 Å². The Morgan fingerprint density at radius 3 is 2.10 bits per heavy atom. The maximum Gasteiger partial charge on any atom is 0.306 e. The highest BCUT2D eigenvalue weighted by molar-refractivity contribution is 7.87. The van der Waals surface area contributed by atoms with Gasteiger partial charge in [-0.3, -0.25) is 9.59 Å². The van der Waals surface area contributed by atoms with E-state index in [9.17, 15) is 14.2 Å². The lowest BCUT2D eigenvalue weighted by Crippen LogP contribution is -2.21. The lowest BCUT2D eigenvalue weighted by Gasteiger charge is -2.23. The molecule has 2 aromatic carbocycles. The summed E-state index contributed by atoms with van der Waals surface area (Å²) >= 11 is 0. The molecule has 0 amide bonds. The number of hydrogen-bond donors (Lipinski definition) is 0. The lowest BCUT2D eigenvalue weighted by molar-refractivity contribution is -0.144. The van der Waals surface area contributed by atoms with Gasteiger partial charge in [0.25, 0.3) is 0 Å². The standard InChI is InChI=1S/C26H35O4P/c1-19(17-26(4,5)6)18-30-23(27)15-16-31(29,22-13-8-7-9-14-22)25(28)24-20(2)11-10-12-21(24)3/h7-14,19H,15-18H2,1-6H3. The quantitative estimate of drug-likeness (QED) is 0.346. The van der Waals surface area contributed by atoms with Gasteiger partial charge in [-0.2, -0.15) is 0 Å². The van der Waals surface area contributed by atoms with Gasteiger partial charge >= 0.3 is 5.97 Å². The third-order valence-electron chi connectivity index (χ3n) is 5.32. The van der Waals surface area contributed by atoms with Crippen LogP contribution in [0, 0.1) is 25.2 Å². The average molecular weight is 443 g/mol. The number of benzene rings is 2. The second-order valence-corrected chi connectivity index (χ2v) is 12.5. The van der Waals surface area contributed by atoms with E-state index < -0.39 is 13.1 Å². The van der Waals surface area contributed by atoms with Crippen LogP contribution in [-0.2, 0) is 14.1 Å². The molecule has 0 spiro atoms. The molecule has 0 aliphatic rings. The molecule has 0 aromatic heterocycles. The van der Waals surface area contributed by atoms with E-state index in [0.717, 1.165) is 17.5 Å². The highest BCUT2D eigenvalue weighted by Gasteiger charge is 2.36. The first kappa shape index (κ1) is 25.1. The predicted octanol–water partition coefficient (Wildman–Crippen LogP) is 6.14. The zero-order chi connectivity index (χ0) is 23.2. The second-order valence-electron chi connectivity index (χ2n) is 9.67. The first-order chi connectivity index (χ1) is 14.4. The van der Waals surface area contributed by atoms with Crippen LogP contribution in [0.4, 0.5) is 0 Å². The van der Waals surface area contributed by atoms with Crippen LogP contribution in [0.2, 0.25) is 0 Å². The monoisotopic (exact) mass is 442 g/mol. The Morgan fingerprint density at radius 1 is 0.968 bits per heavy atom. The number of aryl methyl sites for hydroxylation is 2. The Labute approximate surface area is 186 Å². The van der Waals surface area contributed by atoms with Gasteiger partial charge in [0.15, 0.2) is 7.14 Å². The zero-order valence-corrected chi connectivity index (χ0v) is 20.5. The van der Waals surface area contributed by atoms with E-state index in [-0.39, 0.29) is 29.4 Å². The van der Waals surface area contributed by atoms with Crippen molar-refractivity contribution in [2.45, 2.75) is 54.4 Å². The van der Waals surface area contributed by atoms with Crippen LogP contribution in [0.15, 0.2) is 48.5 Å². The molecule has 5 heteroatoms. The summed E-state index contributed by atoms with van der Waals surface area (Å²) < 4.78 is 19.5. The van der Waals surface area contributed by atoms with Crippen molar-refractivity contribution in [2.75, 3.05) is 12.8 Å². The van der Waals surface area contributed by atoms with Gasteiger partial charge in [-0.1, -0.05) is 76.2 Å². The molecule has 168 valence electrons. The Morgan fingerprint density at radius 2 is 1.55 bits per heavy atom. The minimum absolute atomic E-state index is 0.0316. The van der Waals surface area contributed by atoms with Crippen LogP contribution in [0.25, 0.3) is 0 Å². The minimum Gasteiger partial charge on any atom is -0.465 e. The van der Waals surface area contributed by atoms with Gasteiger partial charge in [0.2, 0.25) is 5.52 Å². The SMILES string of the molecule is Cc1cccc(C)c1C(=O)P(=O)(CCC(=O)OCC(C)CC(C)(C)C)c1ccccc1. The molecule has 0 N–H and O–H groups in total. The van der Waals surface area contributed by atoms with Gasteiger partial charge in [0.1, 0.15) is 0 Å². The molecule has 2 atom stereocenters. The fourth-order valence-corrected chi connectivity index (χ4v) is 6.57. The number of hydrogen-bond acceptors (Lipinski definition) is 4. The van der Waals surface area contributed by atoms with E-state index >= 15 is 0 Å². The van der Waals surface area contributed by atoms with Gasteiger partial charge in [0, 0.05) is 17.0 Å². The number of carbonyl (C=O) groups excluding carboxylic acids is 2. The average Bonchev–Trinajstić information content (AvgIpc) is 2.69. The van der Waals surface area contributed by atoms with Gasteiger partial charge in [0.05, 0.1) is 13.0 Å². The molecular formula is C26H35O4P. The molecule has 4 nitrogen and oxygen atoms in total. The molecular weight excluding hydrogens is 407 g/mol. The maximum atomic E-state index is 14.1. The van der Waals surface area contributed by atoms with Crippen LogP contribution in [0.5, 0.6) is 0 Å². The predicted molar refractivity (Wildman–Crippen MR) is 128 cm³/mol. The zero-order valence-electron chi connectivity index (χ0n) is 19.6. The van der Waals surface area contributed by atoms with Crippen molar-refractivity contribution < 1.29 is 18.9 Å². The van der Waals surface area contributed by atoms with Crippen molar-refractivity contribution in [3.8, 4) is 0 Å². The van der Waals surface area contributed by atoms with E-state index in [1.807, 2.05) is 38.1 Å². The fraction of sp³-hybridized carbons (Fsp3) is 0.462. The molecule has 0 aliphatic carbocycles. The maximum absolute atomic E-state index is 14.1. The molecule has 0 bridgehead atoms. The minimum atomic E-state index is -3.51. The van der Waals surface area contributed by atoms with Crippen molar-refractivity contribution >= 4 is 23.9 Å². The molecule has 2 rings (SSSR count). The Kier molecular flexibility index (Phi) is 8.42. The van der Waals surface area contributed by atoms with E-state index in [1.165, 1.54) is 0 Å². The topological polar surface area (TPSA) is 60.4 Å². The number of rotatable bonds is 9. The van der Waals surface area contributed by atoms with Crippen molar-refractivity contribution in [2.24, 2.45) is 11.3 Å². The molecule has 2 aromatic rings. The third kappa shape index (κ3) is 6.90. The summed E-state index contributed by atoms with van der Waals surface area (Å²) in [5, 5.41) is 0.483. The largest absolute Gasteiger partial charge is 0.465 e. The van der Waals surface area contributed by atoms with Crippen LogP contribution in [-0.4, -0.2) is 24.3 Å². The molecule has 0 fully saturated rings. The Hall–Kier alpha value is -2.19.